The first-order valence-corrected chi connectivity index (χ1v) is 8.53. The summed E-state index contributed by atoms with van der Waals surface area (Å²) in [6.45, 7) is 3.25. The lowest BCUT2D eigenvalue weighted by molar-refractivity contribution is -0.113. The van der Waals surface area contributed by atoms with Gasteiger partial charge in [-0.2, -0.15) is 0 Å². The van der Waals surface area contributed by atoms with Gasteiger partial charge in [-0.05, 0) is 64.1 Å². The maximum Gasteiger partial charge on any atom is 0.177 e. The third-order valence-corrected chi connectivity index (χ3v) is 4.37. The fraction of sp³-hybridized carbons (Fsp3) is 0.765. The first-order chi connectivity index (χ1) is 11.2. The molecule has 1 saturated heterocycles. The number of aliphatic imine (C=N–C) groups is 1. The molecule has 0 aromatic rings. The largest absolute Gasteiger partial charge is 0.411 e. The van der Waals surface area contributed by atoms with Crippen molar-refractivity contribution in [2.45, 2.75) is 51.4 Å². The van der Waals surface area contributed by atoms with Gasteiger partial charge in [0.2, 0.25) is 0 Å². The number of unbranched alkanes of at least 4 members (excludes halogenated alkanes) is 1. The Morgan fingerprint density at radius 2 is 1.74 bits per heavy atom. The molecule has 1 N–H and O–H groups in total. The molecule has 0 unspecified atom stereocenters. The van der Waals surface area contributed by atoms with Crippen molar-refractivity contribution in [2.24, 2.45) is 16.1 Å². The molecule has 130 valence electrons. The Morgan fingerprint density at radius 3 is 2.39 bits per heavy atom. The zero-order valence-corrected chi connectivity index (χ0v) is 14.1. The number of nitrogens with zero attached hydrogens (tertiary/aromatic N) is 3. The Kier molecular flexibility index (Phi) is 10.1. The number of hydrogen-bond acceptors (Lipinski definition) is 6. The van der Waals surface area contributed by atoms with Gasteiger partial charge in [0.15, 0.2) is 11.6 Å². The normalized spacial score (nSPS) is 17.3. The van der Waals surface area contributed by atoms with Crippen molar-refractivity contribution in [1.29, 1.82) is 0 Å². The van der Waals surface area contributed by atoms with Crippen LogP contribution in [0.2, 0.25) is 0 Å². The van der Waals surface area contributed by atoms with Gasteiger partial charge in [0.05, 0.1) is 6.21 Å². The summed E-state index contributed by atoms with van der Waals surface area (Å²) in [6, 6.07) is 0. The molecule has 23 heavy (non-hydrogen) atoms. The van der Waals surface area contributed by atoms with Gasteiger partial charge in [0.25, 0.3) is 0 Å². The van der Waals surface area contributed by atoms with Crippen LogP contribution in [0.5, 0.6) is 0 Å². The van der Waals surface area contributed by atoms with E-state index in [1.54, 1.807) is 7.05 Å². The van der Waals surface area contributed by atoms with Crippen LogP contribution < -0.4 is 0 Å². The smallest absolute Gasteiger partial charge is 0.177 e. The molecule has 0 spiro atoms. The predicted octanol–water partition coefficient (Wildman–Crippen LogP) is 2.34. The van der Waals surface area contributed by atoms with Gasteiger partial charge >= 0.3 is 0 Å². The summed E-state index contributed by atoms with van der Waals surface area (Å²) < 4.78 is 0. The molecular weight excluding hydrogens is 294 g/mol. The predicted molar refractivity (Wildman–Crippen MR) is 91.6 cm³/mol. The Morgan fingerprint density at radius 1 is 1.09 bits per heavy atom. The number of ketones is 2. The second-order valence-electron chi connectivity index (χ2n) is 6.20. The van der Waals surface area contributed by atoms with Crippen molar-refractivity contribution in [2.75, 3.05) is 26.7 Å². The Labute approximate surface area is 138 Å². The maximum absolute atomic E-state index is 11.4. The minimum Gasteiger partial charge on any atom is -0.411 e. The first kappa shape index (κ1) is 19.5. The first-order valence-electron chi connectivity index (χ1n) is 8.53. The van der Waals surface area contributed by atoms with Crippen LogP contribution in [0.25, 0.3) is 0 Å². The monoisotopic (exact) mass is 323 g/mol. The quantitative estimate of drug-likeness (QED) is 0.274. The van der Waals surface area contributed by atoms with E-state index in [-0.39, 0.29) is 11.6 Å². The summed E-state index contributed by atoms with van der Waals surface area (Å²) in [5, 5.41) is 11.0. The number of piperidine rings is 1. The Balaban J connectivity index is 2.04. The third-order valence-electron chi connectivity index (χ3n) is 4.37. The highest BCUT2D eigenvalue weighted by molar-refractivity contribution is 6.27. The van der Waals surface area contributed by atoms with Crippen LogP contribution in [0.3, 0.4) is 0 Å². The molecule has 1 heterocycles. The molecule has 0 saturated carbocycles. The molecule has 0 radical (unpaired) electrons. The second-order valence-corrected chi connectivity index (χ2v) is 6.20. The van der Waals surface area contributed by atoms with Crippen molar-refractivity contribution >= 4 is 24.0 Å². The minimum absolute atomic E-state index is 0.117. The number of rotatable bonds is 11. The number of Topliss-reactive ketones (excluding diaryl/α,β-unsaturated/α-hetero) is 2. The fourth-order valence-electron chi connectivity index (χ4n) is 3.04. The summed E-state index contributed by atoms with van der Waals surface area (Å²) in [7, 11) is 1.63. The lowest BCUT2D eigenvalue weighted by Crippen LogP contribution is -2.34. The van der Waals surface area contributed by atoms with Gasteiger partial charge in [0, 0.05) is 19.9 Å². The topological polar surface area (TPSA) is 82.3 Å². The zero-order valence-electron chi connectivity index (χ0n) is 14.1. The molecule has 0 amide bonds. The van der Waals surface area contributed by atoms with E-state index in [4.69, 9.17) is 5.21 Å². The highest BCUT2D eigenvalue weighted by atomic mass is 16.4. The molecule has 0 atom stereocenters. The van der Waals surface area contributed by atoms with Crippen LogP contribution in [-0.4, -0.2) is 60.8 Å². The molecule has 6 heteroatoms. The number of carbonyl (C=O) groups is 2. The van der Waals surface area contributed by atoms with Gasteiger partial charge in [-0.1, -0.05) is 5.16 Å². The summed E-state index contributed by atoms with van der Waals surface area (Å²) in [5.74, 6) is 0.750. The summed E-state index contributed by atoms with van der Waals surface area (Å²) in [5.41, 5.74) is 0. The SMILES string of the molecule is CN=CC(=O)CCCC1CCN(CCCCC(=O)/C=N/O)CC1. The molecule has 0 aromatic heterocycles. The molecule has 1 aliphatic heterocycles. The van der Waals surface area contributed by atoms with Gasteiger partial charge in [0.1, 0.15) is 6.21 Å². The van der Waals surface area contributed by atoms with Crippen molar-refractivity contribution in [1.82, 2.24) is 4.90 Å². The maximum atomic E-state index is 11.4. The third kappa shape index (κ3) is 9.23. The summed E-state index contributed by atoms with van der Waals surface area (Å²) in [6.07, 6.45) is 9.79. The van der Waals surface area contributed by atoms with Crippen LogP contribution >= 0.6 is 0 Å². The standard InChI is InChI=1S/C17H29N3O3/c1-18-13-16(21)7-4-5-15-8-11-20(12-9-15)10-3-2-6-17(22)14-19-23/h13-15,23H,2-12H2,1H3/b18-13?,19-14+. The van der Waals surface area contributed by atoms with Crippen molar-refractivity contribution in [3.05, 3.63) is 0 Å². The fourth-order valence-corrected chi connectivity index (χ4v) is 3.04. The van der Waals surface area contributed by atoms with Crippen LogP contribution in [0.15, 0.2) is 10.1 Å². The molecule has 1 rings (SSSR count). The van der Waals surface area contributed by atoms with Crippen LogP contribution in [0.1, 0.15) is 51.4 Å². The molecule has 0 bridgehead atoms. The zero-order chi connectivity index (χ0) is 16.9. The van der Waals surface area contributed by atoms with E-state index in [9.17, 15) is 9.59 Å². The Bertz CT molecular complexity index is 413. The molecule has 1 fully saturated rings. The Hall–Kier alpha value is -1.56. The van der Waals surface area contributed by atoms with Gasteiger partial charge < -0.3 is 10.1 Å². The van der Waals surface area contributed by atoms with Crippen LogP contribution in [-0.2, 0) is 9.59 Å². The minimum atomic E-state index is -0.117. The van der Waals surface area contributed by atoms with Crippen molar-refractivity contribution in [3.8, 4) is 0 Å². The molecule has 1 aliphatic rings. The number of likely N-dealkylation sites (tertiary alicyclic amines) is 1. The van der Waals surface area contributed by atoms with E-state index in [0.717, 1.165) is 57.5 Å². The van der Waals surface area contributed by atoms with Crippen molar-refractivity contribution < 1.29 is 14.8 Å². The lowest BCUT2D eigenvalue weighted by Gasteiger charge is -2.31. The van der Waals surface area contributed by atoms with E-state index >= 15 is 0 Å². The van der Waals surface area contributed by atoms with Crippen LogP contribution in [0.4, 0.5) is 0 Å². The van der Waals surface area contributed by atoms with E-state index in [2.05, 4.69) is 15.0 Å². The molecule has 0 aliphatic carbocycles. The van der Waals surface area contributed by atoms with E-state index in [0.29, 0.717) is 12.8 Å². The average Bonchev–Trinajstić information content (AvgIpc) is 2.53. The van der Waals surface area contributed by atoms with E-state index < -0.39 is 0 Å². The van der Waals surface area contributed by atoms with Gasteiger partial charge in [-0.25, -0.2) is 0 Å². The van der Waals surface area contributed by atoms with Crippen molar-refractivity contribution in [3.63, 3.8) is 0 Å². The summed E-state index contributed by atoms with van der Waals surface area (Å²) >= 11 is 0. The highest BCUT2D eigenvalue weighted by Gasteiger charge is 2.18. The molecule has 6 nitrogen and oxygen atoms in total. The van der Waals surface area contributed by atoms with E-state index in [1.165, 1.54) is 19.1 Å². The number of oxime groups is 1. The lowest BCUT2D eigenvalue weighted by atomic mass is 9.91. The average molecular weight is 323 g/mol. The van der Waals surface area contributed by atoms with Gasteiger partial charge in [-0.3, -0.25) is 14.6 Å². The summed E-state index contributed by atoms with van der Waals surface area (Å²) in [4.78, 5) is 28.7. The second kappa shape index (κ2) is 11.9. The van der Waals surface area contributed by atoms with Gasteiger partial charge in [-0.15, -0.1) is 0 Å². The highest BCUT2D eigenvalue weighted by Crippen LogP contribution is 2.22. The molecule has 0 aromatic carbocycles. The number of carbonyl (C=O) groups excluding carboxylic acids is 2. The number of hydrogen-bond donors (Lipinski definition) is 1. The molecular formula is C17H29N3O3. The van der Waals surface area contributed by atoms with Crippen LogP contribution in [0, 0.1) is 5.92 Å². The van der Waals surface area contributed by atoms with E-state index in [1.807, 2.05) is 0 Å².